The minimum Gasteiger partial charge on any atom is -0.352 e. The summed E-state index contributed by atoms with van der Waals surface area (Å²) in [5.41, 5.74) is 8.68. The van der Waals surface area contributed by atoms with Crippen LogP contribution >= 0.6 is 12.4 Å². The molecule has 0 spiro atoms. The quantitative estimate of drug-likeness (QED) is 0.309. The predicted octanol–water partition coefficient (Wildman–Crippen LogP) is 7.81. The van der Waals surface area contributed by atoms with E-state index in [0.717, 1.165) is 31.2 Å². The lowest BCUT2D eigenvalue weighted by molar-refractivity contribution is -0.124. The number of rotatable bonds is 8. The van der Waals surface area contributed by atoms with Crippen LogP contribution in [0, 0.1) is 23.7 Å². The Morgan fingerprint density at radius 1 is 0.868 bits per heavy atom. The van der Waals surface area contributed by atoms with Crippen molar-refractivity contribution in [3.8, 4) is 0 Å². The summed E-state index contributed by atoms with van der Waals surface area (Å²) in [5, 5.41) is 6.77. The number of nitrogens with one attached hydrogen (secondary N) is 2. The minimum atomic E-state index is -0.0903. The van der Waals surface area contributed by atoms with Gasteiger partial charge in [0.2, 0.25) is 5.91 Å². The summed E-state index contributed by atoms with van der Waals surface area (Å²) in [6.45, 7) is 9.72. The molecule has 1 amide bonds. The number of carbonyl (C=O) groups is 1. The normalized spacial score (nSPS) is 21.7. The maximum atomic E-state index is 12.8. The fourth-order valence-electron chi connectivity index (χ4n) is 6.28. The van der Waals surface area contributed by atoms with E-state index in [4.69, 9.17) is 5.73 Å². The van der Waals surface area contributed by atoms with Crippen molar-refractivity contribution in [2.24, 2.45) is 29.4 Å². The molecule has 1 heterocycles. The number of hydrogen-bond acceptors (Lipinski definition) is 3. The average Bonchev–Trinajstić information content (AvgIpc) is 2.89. The van der Waals surface area contributed by atoms with E-state index in [9.17, 15) is 4.79 Å². The van der Waals surface area contributed by atoms with E-state index in [1.54, 1.807) is 0 Å². The van der Waals surface area contributed by atoms with E-state index >= 15 is 0 Å². The molecule has 4 N–H and O–H groups in total. The van der Waals surface area contributed by atoms with Gasteiger partial charge in [0.05, 0.1) is 6.04 Å². The molecule has 3 atom stereocenters. The number of carbonyl (C=O) groups excluding carboxylic acids is 1. The summed E-state index contributed by atoms with van der Waals surface area (Å²) in [7, 11) is 0. The molecule has 220 valence electrons. The zero-order chi connectivity index (χ0) is 25.9. The van der Waals surface area contributed by atoms with Gasteiger partial charge in [0.25, 0.3) is 0 Å². The van der Waals surface area contributed by atoms with E-state index < -0.39 is 0 Å². The molecule has 1 aromatic rings. The number of benzene rings is 1. The molecule has 0 bridgehead atoms. The Labute approximate surface area is 241 Å². The number of nitrogens with two attached hydrogens (primary N) is 1. The van der Waals surface area contributed by atoms with Gasteiger partial charge in [0, 0.05) is 18.6 Å². The van der Waals surface area contributed by atoms with Crippen molar-refractivity contribution in [3.05, 3.63) is 35.4 Å². The van der Waals surface area contributed by atoms with E-state index in [-0.39, 0.29) is 31.8 Å². The SMILES string of the molecule is C.CC(C)[C@@H](CC1CCCCC1)NC(=O)[C@H]1Cc2ccccc2CN1.CC(C)[C@H](N)CC1CCCCC1.Cl. The van der Waals surface area contributed by atoms with Gasteiger partial charge in [0.15, 0.2) is 0 Å². The highest BCUT2D eigenvalue weighted by Gasteiger charge is 2.28. The molecule has 1 aliphatic heterocycles. The van der Waals surface area contributed by atoms with Gasteiger partial charge in [-0.15, -0.1) is 12.4 Å². The number of halogens is 1. The topological polar surface area (TPSA) is 67.2 Å². The Morgan fingerprint density at radius 2 is 1.39 bits per heavy atom. The van der Waals surface area contributed by atoms with Gasteiger partial charge in [-0.1, -0.05) is 124 Å². The Kier molecular flexibility index (Phi) is 16.8. The van der Waals surface area contributed by atoms with E-state index in [1.807, 2.05) is 0 Å². The summed E-state index contributed by atoms with van der Waals surface area (Å²) in [6.07, 6.45) is 17.2. The third-order valence-corrected chi connectivity index (χ3v) is 9.03. The van der Waals surface area contributed by atoms with Gasteiger partial charge < -0.3 is 16.4 Å². The third-order valence-electron chi connectivity index (χ3n) is 9.03. The van der Waals surface area contributed by atoms with Crippen LogP contribution in [-0.4, -0.2) is 24.0 Å². The fourth-order valence-corrected chi connectivity index (χ4v) is 6.28. The zero-order valence-electron chi connectivity index (χ0n) is 24.1. The zero-order valence-corrected chi connectivity index (χ0v) is 25.0. The van der Waals surface area contributed by atoms with Crippen molar-refractivity contribution in [2.75, 3.05) is 0 Å². The molecule has 4 nitrogen and oxygen atoms in total. The Bertz CT molecular complexity index is 771. The summed E-state index contributed by atoms with van der Waals surface area (Å²) in [6, 6.07) is 9.09. The lowest BCUT2D eigenvalue weighted by Crippen LogP contribution is -2.52. The van der Waals surface area contributed by atoms with Crippen LogP contribution in [0.1, 0.15) is 123 Å². The Balaban J connectivity index is 0.000000441. The molecule has 2 saturated carbocycles. The molecule has 2 fully saturated rings. The van der Waals surface area contributed by atoms with Gasteiger partial charge in [-0.05, 0) is 54.1 Å². The first-order valence-corrected chi connectivity index (χ1v) is 15.2. The van der Waals surface area contributed by atoms with E-state index in [2.05, 4.69) is 62.6 Å². The van der Waals surface area contributed by atoms with Crippen LogP contribution in [0.25, 0.3) is 0 Å². The molecule has 0 saturated heterocycles. The molecular formula is C33H60ClN3O. The average molecular weight is 550 g/mol. The summed E-state index contributed by atoms with van der Waals surface area (Å²) in [5.74, 6) is 3.07. The van der Waals surface area contributed by atoms with E-state index in [0.29, 0.717) is 23.9 Å². The Hall–Kier alpha value is -1.10. The summed E-state index contributed by atoms with van der Waals surface area (Å²) in [4.78, 5) is 12.8. The molecular weight excluding hydrogens is 490 g/mol. The monoisotopic (exact) mass is 549 g/mol. The van der Waals surface area contributed by atoms with E-state index in [1.165, 1.54) is 81.8 Å². The first kappa shape index (κ1) is 34.9. The maximum absolute atomic E-state index is 12.8. The van der Waals surface area contributed by atoms with Gasteiger partial charge in [0.1, 0.15) is 0 Å². The molecule has 4 rings (SSSR count). The highest BCUT2D eigenvalue weighted by Crippen LogP contribution is 2.29. The number of hydrogen-bond donors (Lipinski definition) is 3. The standard InChI is InChI=1S/C21H32N2O.C11H23N.CH4.ClH/c1-15(2)19(12-16-8-4-3-5-9-16)23-21(24)20-13-17-10-6-7-11-18(17)14-22-20;1-9(2)11(12)8-10-6-4-3-5-7-10;;/h6-7,10-11,15-16,19-20,22H,3-5,8-9,12-14H2,1-2H3,(H,23,24);9-11H,3-8,12H2,1-2H3;1H4;1H/t19-,20-;11-;;/m11../s1. The molecule has 0 aromatic heterocycles. The highest BCUT2D eigenvalue weighted by atomic mass is 35.5. The first-order valence-electron chi connectivity index (χ1n) is 15.2. The van der Waals surface area contributed by atoms with Crippen molar-refractivity contribution in [3.63, 3.8) is 0 Å². The van der Waals surface area contributed by atoms with Crippen LogP contribution in [-0.2, 0) is 17.8 Å². The van der Waals surface area contributed by atoms with Crippen molar-refractivity contribution in [1.29, 1.82) is 0 Å². The van der Waals surface area contributed by atoms with Crippen LogP contribution < -0.4 is 16.4 Å². The number of fused-ring (bicyclic) bond motifs is 1. The van der Waals surface area contributed by atoms with Crippen LogP contribution in [0.15, 0.2) is 24.3 Å². The lowest BCUT2D eigenvalue weighted by Gasteiger charge is -2.32. The first-order chi connectivity index (χ1) is 17.3. The third kappa shape index (κ3) is 11.6. The van der Waals surface area contributed by atoms with Crippen molar-refractivity contribution in [1.82, 2.24) is 10.6 Å². The molecule has 38 heavy (non-hydrogen) atoms. The van der Waals surface area contributed by atoms with Crippen molar-refractivity contribution in [2.45, 2.75) is 143 Å². The van der Waals surface area contributed by atoms with Gasteiger partial charge in [-0.25, -0.2) is 0 Å². The largest absolute Gasteiger partial charge is 0.352 e. The molecule has 2 aliphatic carbocycles. The lowest BCUT2D eigenvalue weighted by atomic mass is 9.82. The Morgan fingerprint density at radius 3 is 1.92 bits per heavy atom. The minimum absolute atomic E-state index is 0. The van der Waals surface area contributed by atoms with Crippen LogP contribution in [0.5, 0.6) is 0 Å². The predicted molar refractivity (Wildman–Crippen MR) is 167 cm³/mol. The van der Waals surface area contributed by atoms with Gasteiger partial charge in [-0.2, -0.15) is 0 Å². The van der Waals surface area contributed by atoms with Crippen LogP contribution in [0.3, 0.4) is 0 Å². The second-order valence-corrected chi connectivity index (χ2v) is 12.7. The molecule has 0 radical (unpaired) electrons. The molecule has 0 unspecified atom stereocenters. The highest BCUT2D eigenvalue weighted by molar-refractivity contribution is 5.85. The molecule has 1 aromatic carbocycles. The summed E-state index contributed by atoms with van der Waals surface area (Å²) >= 11 is 0. The maximum Gasteiger partial charge on any atom is 0.237 e. The molecule has 5 heteroatoms. The van der Waals surface area contributed by atoms with Crippen molar-refractivity contribution < 1.29 is 4.79 Å². The summed E-state index contributed by atoms with van der Waals surface area (Å²) < 4.78 is 0. The van der Waals surface area contributed by atoms with Crippen molar-refractivity contribution >= 4 is 18.3 Å². The second kappa shape index (κ2) is 18.3. The smallest absolute Gasteiger partial charge is 0.237 e. The fraction of sp³-hybridized carbons (Fsp3) is 0.788. The van der Waals surface area contributed by atoms with Gasteiger partial charge >= 0.3 is 0 Å². The molecule has 3 aliphatic rings. The number of amides is 1. The van der Waals surface area contributed by atoms with Gasteiger partial charge in [-0.3, -0.25) is 4.79 Å². The van der Waals surface area contributed by atoms with Crippen LogP contribution in [0.4, 0.5) is 0 Å². The second-order valence-electron chi connectivity index (χ2n) is 12.7. The van der Waals surface area contributed by atoms with Crippen LogP contribution in [0.2, 0.25) is 0 Å².